The van der Waals surface area contributed by atoms with Gasteiger partial charge in [0.25, 0.3) is 0 Å². The lowest BCUT2D eigenvalue weighted by Crippen LogP contribution is -2.64. The number of ether oxygens (including phenoxy) is 4. The fourth-order valence-corrected chi connectivity index (χ4v) is 6.92. The highest BCUT2D eigenvalue weighted by Gasteiger charge is 2.51. The van der Waals surface area contributed by atoms with E-state index in [0.717, 1.165) is 63.4 Å². The average Bonchev–Trinajstić information content (AvgIpc) is 3.16. The predicted molar refractivity (Wildman–Crippen MR) is 196 cm³/mol. The second kappa shape index (κ2) is 25.1. The van der Waals surface area contributed by atoms with E-state index < -0.39 is 86.6 Å². The first-order chi connectivity index (χ1) is 26.0. The zero-order valence-electron chi connectivity index (χ0n) is 31.6. The summed E-state index contributed by atoms with van der Waals surface area (Å²) in [7, 11) is 0. The lowest BCUT2D eigenvalue weighted by molar-refractivity contribution is -0.371. The van der Waals surface area contributed by atoms with Gasteiger partial charge in [-0.2, -0.15) is 0 Å². The molecule has 0 aliphatic carbocycles. The summed E-state index contributed by atoms with van der Waals surface area (Å²) in [6.45, 7) is 0.584. The van der Waals surface area contributed by atoms with Gasteiger partial charge in [-0.15, -0.1) is 0 Å². The fourth-order valence-electron chi connectivity index (χ4n) is 6.92. The standard InChI is InChI=1S/C39H65NO14/c1-25(51-39-36(34(47)32(45)29(24-42)53-39)54-38-35(48)33(46)31(44)28(23-41)52-38)18-14-11-9-7-5-3-2-4-6-8-10-12-17-21-30(43)40-27(37(49)50)22-26-19-15-13-16-20-26/h13,15-16,19-20,25,27-29,31-36,38-39,41-42,44-48H,2-12,14,17-18,21-24H2,1H3,(H,40,43)(H,49,50)/t25?,27-,28+,29+,31+,32+,33-,34-,35+,36+,38-,39+/m0/s1. The first-order valence-electron chi connectivity index (χ1n) is 19.8. The molecule has 9 N–H and O–H groups in total. The SMILES string of the molecule is CC(CCCCCCCCCCCCCCCC(=O)N[C@@H](Cc1ccccc1)C(=O)O)O[C@@H]1O[C@H](CO)[C@@H](O)[C@H](O)[C@H]1O[C@@H]1O[C@H](CO)[C@@H](O)[C@H](O)[C@H]1O. The number of aliphatic carboxylic acids is 1. The Balaban J connectivity index is 1.21. The van der Waals surface area contributed by atoms with Crippen LogP contribution < -0.4 is 5.32 Å². The normalized spacial score (nSPS) is 29.8. The Morgan fingerprint density at radius 2 is 1.19 bits per heavy atom. The van der Waals surface area contributed by atoms with E-state index in [-0.39, 0.29) is 18.4 Å². The molecular formula is C39H65NO14. The monoisotopic (exact) mass is 771 g/mol. The van der Waals surface area contributed by atoms with Crippen molar-refractivity contribution >= 4 is 11.9 Å². The molecule has 0 aromatic heterocycles. The van der Waals surface area contributed by atoms with Crippen LogP contribution in [0.25, 0.3) is 0 Å². The number of benzene rings is 1. The van der Waals surface area contributed by atoms with Gasteiger partial charge in [0, 0.05) is 12.8 Å². The van der Waals surface area contributed by atoms with Crippen LogP contribution in [0.4, 0.5) is 0 Å². The number of aliphatic hydroxyl groups excluding tert-OH is 7. The first kappa shape index (κ1) is 46.1. The van der Waals surface area contributed by atoms with E-state index in [1.165, 1.54) is 25.7 Å². The third-order valence-corrected chi connectivity index (χ3v) is 10.3. The number of aliphatic hydroxyl groups is 7. The second-order valence-electron chi connectivity index (χ2n) is 14.7. The van der Waals surface area contributed by atoms with Gasteiger partial charge in [0.1, 0.15) is 54.9 Å². The zero-order valence-corrected chi connectivity index (χ0v) is 31.6. The molecule has 12 atom stereocenters. The topological polar surface area (TPSA) is 245 Å². The van der Waals surface area contributed by atoms with E-state index in [2.05, 4.69) is 5.32 Å². The molecule has 2 fully saturated rings. The number of carboxylic acid groups (broad SMARTS) is 1. The first-order valence-corrected chi connectivity index (χ1v) is 19.8. The van der Waals surface area contributed by atoms with Crippen LogP contribution >= 0.6 is 0 Å². The van der Waals surface area contributed by atoms with Crippen molar-refractivity contribution in [3.05, 3.63) is 35.9 Å². The number of amides is 1. The van der Waals surface area contributed by atoms with E-state index in [1.54, 1.807) is 0 Å². The molecule has 2 saturated heterocycles. The van der Waals surface area contributed by atoms with Crippen LogP contribution in [0.1, 0.15) is 109 Å². The lowest BCUT2D eigenvalue weighted by Gasteiger charge is -2.46. The number of carboxylic acids is 1. The van der Waals surface area contributed by atoms with Gasteiger partial charge in [0.2, 0.25) is 5.91 Å². The number of carbonyl (C=O) groups is 2. The Kier molecular flexibility index (Phi) is 21.4. The molecule has 1 amide bonds. The van der Waals surface area contributed by atoms with Crippen LogP contribution in [0.3, 0.4) is 0 Å². The van der Waals surface area contributed by atoms with Crippen molar-refractivity contribution in [3.8, 4) is 0 Å². The summed E-state index contributed by atoms with van der Waals surface area (Å²) in [5.74, 6) is -1.24. The molecule has 1 aromatic rings. The molecule has 15 nitrogen and oxygen atoms in total. The summed E-state index contributed by atoms with van der Waals surface area (Å²) < 4.78 is 22.9. The van der Waals surface area contributed by atoms with Crippen molar-refractivity contribution in [2.75, 3.05) is 13.2 Å². The fraction of sp³-hybridized carbons (Fsp3) is 0.795. The maximum atomic E-state index is 12.3. The Morgan fingerprint density at radius 1 is 0.685 bits per heavy atom. The van der Waals surface area contributed by atoms with Crippen LogP contribution in [-0.2, 0) is 35.0 Å². The van der Waals surface area contributed by atoms with E-state index in [1.807, 2.05) is 37.3 Å². The molecule has 0 radical (unpaired) electrons. The Morgan fingerprint density at radius 3 is 1.72 bits per heavy atom. The minimum atomic E-state index is -1.72. The summed E-state index contributed by atoms with van der Waals surface area (Å²) in [5, 5.41) is 83.1. The molecule has 0 saturated carbocycles. The van der Waals surface area contributed by atoms with Gasteiger partial charge in [-0.05, 0) is 25.3 Å². The highest BCUT2D eigenvalue weighted by molar-refractivity contribution is 5.83. The molecule has 0 spiro atoms. The maximum absolute atomic E-state index is 12.3. The predicted octanol–water partition coefficient (Wildman–Crippen LogP) is 1.68. The van der Waals surface area contributed by atoms with Crippen LogP contribution in [0, 0.1) is 0 Å². The van der Waals surface area contributed by atoms with Crippen molar-refractivity contribution in [1.29, 1.82) is 0 Å². The molecule has 2 heterocycles. The third kappa shape index (κ3) is 15.3. The smallest absolute Gasteiger partial charge is 0.326 e. The second-order valence-corrected chi connectivity index (χ2v) is 14.7. The molecule has 310 valence electrons. The molecule has 1 aromatic carbocycles. The van der Waals surface area contributed by atoms with Gasteiger partial charge < -0.3 is 65.1 Å². The van der Waals surface area contributed by atoms with Crippen LogP contribution in [0.2, 0.25) is 0 Å². The highest BCUT2D eigenvalue weighted by Crippen LogP contribution is 2.30. The summed E-state index contributed by atoms with van der Waals surface area (Å²) in [4.78, 5) is 23.8. The van der Waals surface area contributed by atoms with Gasteiger partial charge in [-0.1, -0.05) is 107 Å². The number of unbranched alkanes of at least 4 members (excludes halogenated alkanes) is 12. The lowest BCUT2D eigenvalue weighted by atomic mass is 9.97. The van der Waals surface area contributed by atoms with E-state index >= 15 is 0 Å². The van der Waals surface area contributed by atoms with E-state index in [0.29, 0.717) is 12.8 Å². The summed E-state index contributed by atoms with van der Waals surface area (Å²) in [6.07, 6.45) is 0.0845. The number of rotatable bonds is 26. The minimum Gasteiger partial charge on any atom is -0.480 e. The Hall–Kier alpha value is -2.28. The van der Waals surface area contributed by atoms with Crippen molar-refractivity contribution in [3.63, 3.8) is 0 Å². The molecule has 2 aliphatic heterocycles. The summed E-state index contributed by atoms with van der Waals surface area (Å²) in [5.41, 5.74) is 0.873. The van der Waals surface area contributed by atoms with Crippen LogP contribution in [0.15, 0.2) is 30.3 Å². The van der Waals surface area contributed by atoms with Crippen molar-refractivity contribution < 1.29 is 69.4 Å². The number of hydrogen-bond donors (Lipinski definition) is 9. The van der Waals surface area contributed by atoms with Gasteiger partial charge in [0.15, 0.2) is 12.6 Å². The largest absolute Gasteiger partial charge is 0.480 e. The zero-order chi connectivity index (χ0) is 39.5. The number of carbonyl (C=O) groups excluding carboxylic acids is 1. The van der Waals surface area contributed by atoms with Gasteiger partial charge in [-0.25, -0.2) is 4.79 Å². The average molecular weight is 772 g/mol. The van der Waals surface area contributed by atoms with Gasteiger partial charge in [0.05, 0.1) is 19.3 Å². The minimum absolute atomic E-state index is 0.217. The van der Waals surface area contributed by atoms with Crippen molar-refractivity contribution in [2.45, 2.75) is 183 Å². The number of hydrogen-bond acceptors (Lipinski definition) is 13. The van der Waals surface area contributed by atoms with Crippen molar-refractivity contribution in [2.24, 2.45) is 0 Å². The molecular weight excluding hydrogens is 706 g/mol. The molecule has 1 unspecified atom stereocenters. The van der Waals surface area contributed by atoms with Crippen molar-refractivity contribution in [1.82, 2.24) is 5.32 Å². The van der Waals surface area contributed by atoms with Gasteiger partial charge >= 0.3 is 5.97 Å². The molecule has 15 heteroatoms. The molecule has 0 bridgehead atoms. The Bertz CT molecular complexity index is 1180. The number of nitrogens with one attached hydrogen (secondary N) is 1. The molecule has 3 rings (SSSR count). The highest BCUT2D eigenvalue weighted by atomic mass is 16.8. The van der Waals surface area contributed by atoms with Gasteiger partial charge in [-0.3, -0.25) is 4.79 Å². The quantitative estimate of drug-likeness (QED) is 0.0609. The molecule has 2 aliphatic rings. The van der Waals surface area contributed by atoms with E-state index in [9.17, 15) is 50.4 Å². The molecule has 54 heavy (non-hydrogen) atoms. The summed E-state index contributed by atoms with van der Waals surface area (Å²) >= 11 is 0. The third-order valence-electron chi connectivity index (χ3n) is 10.3. The van der Waals surface area contributed by atoms with Crippen LogP contribution in [-0.4, -0.2) is 140 Å². The van der Waals surface area contributed by atoms with E-state index in [4.69, 9.17) is 18.9 Å². The van der Waals surface area contributed by atoms with Crippen LogP contribution in [0.5, 0.6) is 0 Å². The Labute approximate surface area is 318 Å². The summed E-state index contributed by atoms with van der Waals surface area (Å²) in [6, 6.07) is 8.36. The maximum Gasteiger partial charge on any atom is 0.326 e.